The molecule has 2 aromatic heterocycles. The molecule has 2 heterocycles. The molecule has 1 N–H and O–H groups in total. The molecule has 0 saturated heterocycles. The second kappa shape index (κ2) is 4.25. The molecule has 0 fully saturated rings. The van der Waals surface area contributed by atoms with Gasteiger partial charge in [-0.1, -0.05) is 13.8 Å². The van der Waals surface area contributed by atoms with Crippen molar-refractivity contribution in [2.75, 3.05) is 0 Å². The second-order valence-electron chi connectivity index (χ2n) is 4.12. The van der Waals surface area contributed by atoms with Gasteiger partial charge in [-0.25, -0.2) is 4.98 Å². The molecule has 0 unspecified atom stereocenters. The highest BCUT2D eigenvalue weighted by Gasteiger charge is 2.10. The fourth-order valence-corrected chi connectivity index (χ4v) is 1.89. The van der Waals surface area contributed by atoms with E-state index in [1.54, 1.807) is 6.20 Å². The SMILES string of the molecule is Cc1cnc(Cn2c(C(C)C)c[nH]c2=S)o1. The average molecular weight is 237 g/mol. The predicted molar refractivity (Wildman–Crippen MR) is 64.0 cm³/mol. The molecule has 0 aromatic carbocycles. The Hall–Kier alpha value is -1.36. The minimum Gasteiger partial charge on any atom is -0.444 e. The second-order valence-corrected chi connectivity index (χ2v) is 4.51. The van der Waals surface area contributed by atoms with Gasteiger partial charge in [-0.15, -0.1) is 0 Å². The van der Waals surface area contributed by atoms with Crippen molar-refractivity contribution in [1.29, 1.82) is 0 Å². The van der Waals surface area contributed by atoms with Gasteiger partial charge in [0.05, 0.1) is 6.20 Å². The minimum atomic E-state index is 0.420. The molecule has 2 aromatic rings. The largest absolute Gasteiger partial charge is 0.444 e. The summed E-state index contributed by atoms with van der Waals surface area (Å²) in [5, 5.41) is 0. The van der Waals surface area contributed by atoms with E-state index in [0.29, 0.717) is 23.1 Å². The van der Waals surface area contributed by atoms with Gasteiger partial charge in [-0.2, -0.15) is 0 Å². The Kier molecular flexibility index (Phi) is 2.96. The number of imidazole rings is 1. The highest BCUT2D eigenvalue weighted by molar-refractivity contribution is 7.71. The van der Waals surface area contributed by atoms with Crippen LogP contribution >= 0.6 is 12.2 Å². The summed E-state index contributed by atoms with van der Waals surface area (Å²) >= 11 is 5.24. The Balaban J connectivity index is 2.33. The Morgan fingerprint density at radius 3 is 2.88 bits per heavy atom. The number of nitrogens with zero attached hydrogens (tertiary/aromatic N) is 2. The van der Waals surface area contributed by atoms with Gasteiger partial charge in [0.15, 0.2) is 4.77 Å². The van der Waals surface area contributed by atoms with Gasteiger partial charge >= 0.3 is 0 Å². The van der Waals surface area contributed by atoms with Crippen molar-refractivity contribution in [2.45, 2.75) is 33.2 Å². The van der Waals surface area contributed by atoms with Crippen LogP contribution in [-0.4, -0.2) is 14.5 Å². The number of hydrogen-bond acceptors (Lipinski definition) is 3. The average Bonchev–Trinajstić information content (AvgIpc) is 2.76. The third kappa shape index (κ3) is 2.09. The normalized spacial score (nSPS) is 11.2. The van der Waals surface area contributed by atoms with Gasteiger partial charge in [0.2, 0.25) is 5.89 Å². The van der Waals surface area contributed by atoms with Crippen molar-refractivity contribution >= 4 is 12.2 Å². The lowest BCUT2D eigenvalue weighted by molar-refractivity contribution is 0.451. The number of rotatable bonds is 3. The summed E-state index contributed by atoms with van der Waals surface area (Å²) in [6.45, 7) is 6.74. The zero-order valence-electron chi connectivity index (χ0n) is 9.65. The van der Waals surface area contributed by atoms with Crippen LogP contribution in [0, 0.1) is 11.7 Å². The summed E-state index contributed by atoms with van der Waals surface area (Å²) in [5.41, 5.74) is 1.17. The van der Waals surface area contributed by atoms with Gasteiger partial charge in [-0.3, -0.25) is 0 Å². The highest BCUT2D eigenvalue weighted by Crippen LogP contribution is 2.16. The summed E-state index contributed by atoms with van der Waals surface area (Å²) in [7, 11) is 0. The number of oxazole rings is 1. The van der Waals surface area contributed by atoms with Gasteiger partial charge < -0.3 is 14.0 Å². The van der Waals surface area contributed by atoms with Crippen molar-refractivity contribution in [3.63, 3.8) is 0 Å². The van der Waals surface area contributed by atoms with Crippen LogP contribution in [0.15, 0.2) is 16.8 Å². The maximum Gasteiger partial charge on any atom is 0.214 e. The van der Waals surface area contributed by atoms with Crippen molar-refractivity contribution in [1.82, 2.24) is 14.5 Å². The van der Waals surface area contributed by atoms with Crippen LogP contribution in [0.2, 0.25) is 0 Å². The molecule has 0 aliphatic heterocycles. The quantitative estimate of drug-likeness (QED) is 0.835. The standard InChI is InChI=1S/C11H15N3OS/c1-7(2)9-5-13-11(16)14(9)6-10-12-4-8(3)15-10/h4-5,7H,6H2,1-3H3,(H,13,16). The van der Waals surface area contributed by atoms with E-state index in [2.05, 4.69) is 23.8 Å². The van der Waals surface area contributed by atoms with Crippen molar-refractivity contribution in [3.8, 4) is 0 Å². The number of aromatic amines is 1. The molecular weight excluding hydrogens is 222 g/mol. The lowest BCUT2D eigenvalue weighted by Gasteiger charge is -2.08. The molecule has 0 amide bonds. The molecule has 0 aliphatic rings. The minimum absolute atomic E-state index is 0.420. The smallest absolute Gasteiger partial charge is 0.214 e. The number of nitrogens with one attached hydrogen (secondary N) is 1. The molecule has 5 heteroatoms. The maximum absolute atomic E-state index is 5.45. The highest BCUT2D eigenvalue weighted by atomic mass is 32.1. The molecule has 0 aliphatic carbocycles. The van der Waals surface area contributed by atoms with Crippen molar-refractivity contribution in [2.24, 2.45) is 0 Å². The van der Waals surface area contributed by atoms with Crippen LogP contribution in [0.1, 0.15) is 37.1 Å². The van der Waals surface area contributed by atoms with E-state index >= 15 is 0 Å². The first kappa shape index (κ1) is 11.1. The van der Waals surface area contributed by atoms with Gasteiger partial charge in [-0.05, 0) is 25.1 Å². The van der Waals surface area contributed by atoms with Crippen molar-refractivity contribution < 1.29 is 4.42 Å². The summed E-state index contributed by atoms with van der Waals surface area (Å²) in [6, 6.07) is 0. The fourth-order valence-electron chi connectivity index (χ4n) is 1.66. The van der Waals surface area contributed by atoms with Crippen LogP contribution in [0.25, 0.3) is 0 Å². The Bertz CT molecular complexity index is 535. The fraction of sp³-hybridized carbons (Fsp3) is 0.455. The number of hydrogen-bond donors (Lipinski definition) is 1. The first-order valence-electron chi connectivity index (χ1n) is 5.27. The van der Waals surface area contributed by atoms with Gasteiger partial charge in [0.1, 0.15) is 12.3 Å². The molecule has 16 heavy (non-hydrogen) atoms. The van der Waals surface area contributed by atoms with Crippen molar-refractivity contribution in [3.05, 3.63) is 34.5 Å². The Labute approximate surface area is 99.3 Å². The zero-order chi connectivity index (χ0) is 11.7. The van der Waals surface area contributed by atoms with E-state index in [9.17, 15) is 0 Å². The molecule has 86 valence electrons. The molecule has 0 bridgehead atoms. The molecule has 0 spiro atoms. The van der Waals surface area contributed by atoms with Crippen LogP contribution in [0.5, 0.6) is 0 Å². The van der Waals surface area contributed by atoms with Crippen LogP contribution < -0.4 is 0 Å². The third-order valence-corrected chi connectivity index (χ3v) is 2.79. The molecule has 2 rings (SSSR count). The summed E-state index contributed by atoms with van der Waals surface area (Å²) in [6.07, 6.45) is 3.67. The zero-order valence-corrected chi connectivity index (χ0v) is 10.5. The van der Waals surface area contributed by atoms with Crippen LogP contribution in [0.3, 0.4) is 0 Å². The molecule has 0 atom stereocenters. The molecule has 0 radical (unpaired) electrons. The van der Waals surface area contributed by atoms with Gasteiger partial charge in [0.25, 0.3) is 0 Å². The lowest BCUT2D eigenvalue weighted by Crippen LogP contribution is -2.06. The van der Waals surface area contributed by atoms with Crippen LogP contribution in [0.4, 0.5) is 0 Å². The maximum atomic E-state index is 5.45. The van der Waals surface area contributed by atoms with Gasteiger partial charge in [0, 0.05) is 11.9 Å². The Morgan fingerprint density at radius 1 is 1.56 bits per heavy atom. The first-order chi connectivity index (χ1) is 7.58. The molecule has 0 saturated carbocycles. The molecular formula is C11H15N3OS. The third-order valence-electron chi connectivity index (χ3n) is 2.45. The number of aromatic nitrogens is 3. The summed E-state index contributed by atoms with van der Waals surface area (Å²) in [5.74, 6) is 1.93. The van der Waals surface area contributed by atoms with E-state index < -0.39 is 0 Å². The topological polar surface area (TPSA) is 46.8 Å². The first-order valence-corrected chi connectivity index (χ1v) is 5.68. The number of H-pyrrole nitrogens is 1. The molecule has 4 nitrogen and oxygen atoms in total. The Morgan fingerprint density at radius 2 is 2.31 bits per heavy atom. The predicted octanol–water partition coefficient (Wildman–Crippen LogP) is 3.01. The van der Waals surface area contributed by atoms with E-state index in [-0.39, 0.29) is 0 Å². The van der Waals surface area contributed by atoms with E-state index in [1.807, 2.05) is 17.7 Å². The van der Waals surface area contributed by atoms with E-state index in [1.165, 1.54) is 5.69 Å². The van der Waals surface area contributed by atoms with E-state index in [0.717, 1.165) is 5.76 Å². The lowest BCUT2D eigenvalue weighted by atomic mass is 10.1. The monoisotopic (exact) mass is 237 g/mol. The van der Waals surface area contributed by atoms with Crippen LogP contribution in [-0.2, 0) is 6.54 Å². The number of aryl methyl sites for hydroxylation is 1. The van der Waals surface area contributed by atoms with E-state index in [4.69, 9.17) is 16.6 Å². The summed E-state index contributed by atoms with van der Waals surface area (Å²) < 4.78 is 8.18. The summed E-state index contributed by atoms with van der Waals surface area (Å²) in [4.78, 5) is 7.24.